The molecule has 6 rings (SSSR count). The smallest absolute Gasteiger partial charge is 0.273 e. The van der Waals surface area contributed by atoms with E-state index in [2.05, 4.69) is 15.3 Å². The van der Waals surface area contributed by atoms with Crippen LogP contribution in [0.25, 0.3) is 11.0 Å². The van der Waals surface area contributed by atoms with Gasteiger partial charge in [-0.2, -0.15) is 5.10 Å². The molecule has 42 heavy (non-hydrogen) atoms. The number of rotatable bonds is 6. The van der Waals surface area contributed by atoms with Crippen LogP contribution >= 0.6 is 0 Å². The number of para-hydroxylation sites is 1. The fraction of sp³-hybridized carbons (Fsp3) is 0.406. The Morgan fingerprint density at radius 2 is 1.93 bits per heavy atom. The predicted molar refractivity (Wildman–Crippen MR) is 161 cm³/mol. The zero-order valence-corrected chi connectivity index (χ0v) is 24.5. The number of fused-ring (bicyclic) bond motifs is 2. The number of nitrogens with one attached hydrogen (secondary N) is 1. The van der Waals surface area contributed by atoms with Gasteiger partial charge in [0.25, 0.3) is 5.91 Å². The molecule has 4 aromatic rings. The van der Waals surface area contributed by atoms with Gasteiger partial charge in [0.2, 0.25) is 0 Å². The zero-order chi connectivity index (χ0) is 29.6. The standard InChI is InChI=1S/C32H37N5O5/c1-20-13-24(21(2)33-26-8-6-5-7-22(26)17-38)30-25(14-20)28(39)16-29(42-30)36-11-9-32(10-12-36)19-37-23(18-41-32)15-27(34-37)31(40)35(3)4/h5-8,13-16,21,33,38H,9-12,17-19H2,1-4H3. The van der Waals surface area contributed by atoms with Crippen molar-refractivity contribution in [3.63, 3.8) is 0 Å². The first-order chi connectivity index (χ1) is 20.2. The Labute approximate surface area is 244 Å². The number of carbonyl (C=O) groups excluding carboxylic acids is 1. The topological polar surface area (TPSA) is 113 Å². The number of carbonyl (C=O) groups is 1. The second-order valence-electron chi connectivity index (χ2n) is 11.7. The minimum atomic E-state index is -0.383. The molecule has 2 aromatic heterocycles. The minimum absolute atomic E-state index is 0.0685. The number of benzene rings is 2. The number of aryl methyl sites for hydroxylation is 1. The summed E-state index contributed by atoms with van der Waals surface area (Å²) in [6, 6.07) is 14.8. The van der Waals surface area contributed by atoms with Gasteiger partial charge in [0.15, 0.2) is 17.0 Å². The molecule has 2 aliphatic heterocycles. The summed E-state index contributed by atoms with van der Waals surface area (Å²) in [7, 11) is 3.44. The molecule has 2 N–H and O–H groups in total. The molecule has 1 spiro atoms. The van der Waals surface area contributed by atoms with Crippen LogP contribution in [0.3, 0.4) is 0 Å². The van der Waals surface area contributed by atoms with Crippen LogP contribution in [0.5, 0.6) is 0 Å². The number of hydrogen-bond acceptors (Lipinski definition) is 8. The van der Waals surface area contributed by atoms with Gasteiger partial charge in [-0.15, -0.1) is 0 Å². The summed E-state index contributed by atoms with van der Waals surface area (Å²) >= 11 is 0. The molecule has 1 fully saturated rings. The number of aromatic nitrogens is 2. The van der Waals surface area contributed by atoms with E-state index in [1.165, 1.54) is 4.90 Å². The van der Waals surface area contributed by atoms with Crippen LogP contribution in [0.1, 0.15) is 58.7 Å². The maximum atomic E-state index is 13.4. The van der Waals surface area contributed by atoms with E-state index in [1.54, 1.807) is 20.2 Å². The lowest BCUT2D eigenvalue weighted by molar-refractivity contribution is -0.106. The Morgan fingerprint density at radius 1 is 1.17 bits per heavy atom. The van der Waals surface area contributed by atoms with Crippen LogP contribution < -0.4 is 15.6 Å². The second-order valence-corrected chi connectivity index (χ2v) is 11.7. The molecular formula is C32H37N5O5. The van der Waals surface area contributed by atoms with Gasteiger partial charge in [-0.3, -0.25) is 14.3 Å². The fourth-order valence-corrected chi connectivity index (χ4v) is 6.03. The van der Waals surface area contributed by atoms with Crippen molar-refractivity contribution in [2.24, 2.45) is 0 Å². The van der Waals surface area contributed by atoms with Crippen LogP contribution in [0.2, 0.25) is 0 Å². The summed E-state index contributed by atoms with van der Waals surface area (Å²) in [4.78, 5) is 29.4. The first-order valence-corrected chi connectivity index (χ1v) is 14.4. The van der Waals surface area contributed by atoms with Crippen molar-refractivity contribution in [3.8, 4) is 0 Å². The molecule has 1 saturated heterocycles. The Kier molecular flexibility index (Phi) is 7.28. The van der Waals surface area contributed by atoms with Crippen molar-refractivity contribution >= 4 is 28.4 Å². The van der Waals surface area contributed by atoms with Crippen LogP contribution in [0.4, 0.5) is 11.6 Å². The Hall–Kier alpha value is -4.15. The highest BCUT2D eigenvalue weighted by Crippen LogP contribution is 2.36. The monoisotopic (exact) mass is 571 g/mol. The number of piperidine rings is 1. The van der Waals surface area contributed by atoms with Crippen molar-refractivity contribution in [2.45, 2.75) is 58.1 Å². The number of anilines is 2. The van der Waals surface area contributed by atoms with Crippen LogP contribution in [-0.4, -0.2) is 58.5 Å². The maximum absolute atomic E-state index is 13.4. The molecule has 0 saturated carbocycles. The van der Waals surface area contributed by atoms with E-state index < -0.39 is 0 Å². The quantitative estimate of drug-likeness (QED) is 0.354. The van der Waals surface area contributed by atoms with Crippen LogP contribution in [0, 0.1) is 6.92 Å². The lowest BCUT2D eigenvalue weighted by Crippen LogP contribution is -2.51. The van der Waals surface area contributed by atoms with Gasteiger partial charge < -0.3 is 29.4 Å². The molecule has 1 unspecified atom stereocenters. The third-order valence-corrected chi connectivity index (χ3v) is 8.45. The molecular weight excluding hydrogens is 534 g/mol. The summed E-state index contributed by atoms with van der Waals surface area (Å²) in [5, 5.41) is 18.4. The second kappa shape index (κ2) is 10.9. The number of amides is 1. The zero-order valence-electron chi connectivity index (χ0n) is 24.5. The number of hydrogen-bond donors (Lipinski definition) is 2. The molecule has 2 aliphatic rings. The van der Waals surface area contributed by atoms with E-state index in [1.807, 2.05) is 61.0 Å². The molecule has 10 heteroatoms. The summed E-state index contributed by atoms with van der Waals surface area (Å²) in [5.74, 6) is 0.425. The normalized spacial score (nSPS) is 16.8. The van der Waals surface area contributed by atoms with Crippen LogP contribution in [-0.2, 0) is 24.5 Å². The molecule has 0 bridgehead atoms. The molecule has 220 valence electrons. The van der Waals surface area contributed by atoms with Crippen LogP contribution in [0.15, 0.2) is 57.7 Å². The van der Waals surface area contributed by atoms with Gasteiger partial charge in [0.05, 0.1) is 42.5 Å². The van der Waals surface area contributed by atoms with Crippen molar-refractivity contribution < 1.29 is 19.1 Å². The fourth-order valence-electron chi connectivity index (χ4n) is 6.03. The summed E-state index contributed by atoms with van der Waals surface area (Å²) in [6.45, 7) is 6.25. The SMILES string of the molecule is Cc1cc(C(C)Nc2ccccc2CO)c2oc(N3CCC4(CC3)Cn3nc(C(=O)N(C)C)cc3CO4)cc(=O)c2c1. The molecule has 1 amide bonds. The Bertz CT molecular complexity index is 1700. The van der Waals surface area contributed by atoms with E-state index in [0.29, 0.717) is 48.8 Å². The summed E-state index contributed by atoms with van der Waals surface area (Å²) in [5.41, 5.74) is 4.95. The van der Waals surface area contributed by atoms with Crippen molar-refractivity contribution in [1.82, 2.24) is 14.7 Å². The highest BCUT2D eigenvalue weighted by Gasteiger charge is 2.40. The predicted octanol–water partition coefficient (Wildman–Crippen LogP) is 4.23. The average Bonchev–Trinajstić information content (AvgIpc) is 3.40. The number of aliphatic hydroxyl groups excluding tert-OH is 1. The third-order valence-electron chi connectivity index (χ3n) is 8.45. The van der Waals surface area contributed by atoms with Gasteiger partial charge in [-0.1, -0.05) is 24.3 Å². The lowest BCUT2D eigenvalue weighted by atomic mass is 9.90. The maximum Gasteiger partial charge on any atom is 0.273 e. The number of aliphatic hydroxyl groups is 1. The van der Waals surface area contributed by atoms with Gasteiger partial charge in [0.1, 0.15) is 5.58 Å². The van der Waals surface area contributed by atoms with Gasteiger partial charge in [0, 0.05) is 50.1 Å². The molecule has 2 aromatic carbocycles. The summed E-state index contributed by atoms with van der Waals surface area (Å²) in [6.07, 6.45) is 1.48. The highest BCUT2D eigenvalue weighted by molar-refractivity contribution is 5.92. The molecule has 1 atom stereocenters. The van der Waals surface area contributed by atoms with Crippen molar-refractivity contribution in [3.05, 3.63) is 86.8 Å². The van der Waals surface area contributed by atoms with E-state index >= 15 is 0 Å². The lowest BCUT2D eigenvalue weighted by Gasteiger charge is -2.43. The largest absolute Gasteiger partial charge is 0.440 e. The first kappa shape index (κ1) is 28.0. The third kappa shape index (κ3) is 5.16. The van der Waals surface area contributed by atoms with Crippen molar-refractivity contribution in [1.29, 1.82) is 0 Å². The summed E-state index contributed by atoms with van der Waals surface area (Å²) < 4.78 is 14.8. The minimum Gasteiger partial charge on any atom is -0.440 e. The Balaban J connectivity index is 1.24. The number of nitrogens with zero attached hydrogens (tertiary/aromatic N) is 4. The van der Waals surface area contributed by atoms with Gasteiger partial charge >= 0.3 is 0 Å². The van der Waals surface area contributed by atoms with E-state index in [-0.39, 0.29) is 29.6 Å². The first-order valence-electron chi connectivity index (χ1n) is 14.4. The van der Waals surface area contributed by atoms with E-state index in [9.17, 15) is 14.7 Å². The Morgan fingerprint density at radius 3 is 2.67 bits per heavy atom. The average molecular weight is 572 g/mol. The van der Waals surface area contributed by atoms with Gasteiger partial charge in [-0.05, 0) is 50.5 Å². The van der Waals surface area contributed by atoms with Crippen molar-refractivity contribution in [2.75, 3.05) is 37.4 Å². The van der Waals surface area contributed by atoms with E-state index in [0.717, 1.165) is 40.9 Å². The highest BCUT2D eigenvalue weighted by atomic mass is 16.5. The molecule has 4 heterocycles. The molecule has 0 radical (unpaired) electrons. The van der Waals surface area contributed by atoms with Gasteiger partial charge in [-0.25, -0.2) is 0 Å². The number of ether oxygens (including phenoxy) is 1. The molecule has 10 nitrogen and oxygen atoms in total. The van der Waals surface area contributed by atoms with E-state index in [4.69, 9.17) is 9.15 Å². The molecule has 0 aliphatic carbocycles.